The van der Waals surface area contributed by atoms with E-state index in [-0.39, 0.29) is 11.9 Å². The average Bonchev–Trinajstić information content (AvgIpc) is 3.27. The van der Waals surface area contributed by atoms with Gasteiger partial charge in [0.15, 0.2) is 0 Å². The first-order valence-electron chi connectivity index (χ1n) is 13.2. The molecule has 188 valence electrons. The number of nitrogens with zero attached hydrogens (tertiary/aromatic N) is 3. The summed E-state index contributed by atoms with van der Waals surface area (Å²) >= 11 is 6.19. The van der Waals surface area contributed by atoms with Crippen LogP contribution in [0.1, 0.15) is 45.1 Å². The monoisotopic (exact) mass is 494 g/mol. The fourth-order valence-electron chi connectivity index (χ4n) is 5.29. The fourth-order valence-corrected chi connectivity index (χ4v) is 5.46. The Balaban J connectivity index is 1.26. The standard InChI is InChI=1S/C29H39ClN4O/c1-3-9-25(4-2)34(26-11-6-5-7-12-26)29(35)22-33-18-16-32(17-19-33)15-8-10-23-21-31-28-14-13-24(30)20-27(23)28/h5-7,11-14,20-21,25,31H,3-4,8-10,15-19,22H2,1-2H3. The number of fused-ring (bicyclic) bond motifs is 1. The van der Waals surface area contributed by atoms with Gasteiger partial charge in [0.1, 0.15) is 0 Å². The van der Waals surface area contributed by atoms with E-state index in [9.17, 15) is 4.79 Å². The molecule has 1 fully saturated rings. The van der Waals surface area contributed by atoms with Gasteiger partial charge < -0.3 is 14.8 Å². The maximum Gasteiger partial charge on any atom is 0.241 e. The maximum absolute atomic E-state index is 13.5. The molecule has 1 N–H and O–H groups in total. The number of anilines is 1. The van der Waals surface area contributed by atoms with Crippen LogP contribution in [0.5, 0.6) is 0 Å². The predicted octanol–water partition coefficient (Wildman–Crippen LogP) is 5.98. The highest BCUT2D eigenvalue weighted by Crippen LogP contribution is 2.24. The number of hydrogen-bond donors (Lipinski definition) is 1. The van der Waals surface area contributed by atoms with Crippen LogP contribution >= 0.6 is 11.6 Å². The van der Waals surface area contributed by atoms with Gasteiger partial charge >= 0.3 is 0 Å². The van der Waals surface area contributed by atoms with Crippen molar-refractivity contribution >= 4 is 34.1 Å². The minimum absolute atomic E-state index is 0.225. The normalized spacial score (nSPS) is 16.0. The highest BCUT2D eigenvalue weighted by molar-refractivity contribution is 6.31. The van der Waals surface area contributed by atoms with Crippen LogP contribution in [0, 0.1) is 0 Å². The van der Waals surface area contributed by atoms with E-state index in [2.05, 4.69) is 57.9 Å². The molecule has 4 rings (SSSR count). The van der Waals surface area contributed by atoms with E-state index in [4.69, 9.17) is 11.6 Å². The molecular weight excluding hydrogens is 456 g/mol. The number of aromatic amines is 1. The lowest BCUT2D eigenvalue weighted by Gasteiger charge is -2.37. The number of nitrogens with one attached hydrogen (secondary N) is 1. The van der Waals surface area contributed by atoms with Gasteiger partial charge in [-0.15, -0.1) is 0 Å². The molecular formula is C29H39ClN4O. The van der Waals surface area contributed by atoms with Crippen molar-refractivity contribution in [3.63, 3.8) is 0 Å². The summed E-state index contributed by atoms with van der Waals surface area (Å²) in [6.45, 7) is 9.90. The second-order valence-corrected chi connectivity index (χ2v) is 10.1. The summed E-state index contributed by atoms with van der Waals surface area (Å²) in [6.07, 6.45) is 7.37. The number of amides is 1. The third-order valence-electron chi connectivity index (χ3n) is 7.24. The zero-order valence-corrected chi connectivity index (χ0v) is 21.9. The predicted molar refractivity (Wildman–Crippen MR) is 147 cm³/mol. The molecule has 1 atom stereocenters. The summed E-state index contributed by atoms with van der Waals surface area (Å²) in [7, 11) is 0. The number of halogens is 1. The first kappa shape index (κ1) is 25.7. The van der Waals surface area contributed by atoms with Gasteiger partial charge in [0, 0.05) is 60.0 Å². The Labute approximate surface area is 215 Å². The fraction of sp³-hybridized carbons (Fsp3) is 0.483. The van der Waals surface area contributed by atoms with E-state index >= 15 is 0 Å². The van der Waals surface area contributed by atoms with Crippen molar-refractivity contribution in [1.29, 1.82) is 0 Å². The quantitative estimate of drug-likeness (QED) is 0.356. The highest BCUT2D eigenvalue weighted by Gasteiger charge is 2.26. The molecule has 3 aromatic rings. The Hall–Kier alpha value is -2.34. The number of para-hydroxylation sites is 1. The van der Waals surface area contributed by atoms with Crippen LogP contribution in [0.3, 0.4) is 0 Å². The van der Waals surface area contributed by atoms with E-state index < -0.39 is 0 Å². The molecule has 1 saturated heterocycles. The van der Waals surface area contributed by atoms with Crippen molar-refractivity contribution in [2.75, 3.05) is 44.2 Å². The van der Waals surface area contributed by atoms with Crippen LogP contribution < -0.4 is 4.90 Å². The smallest absolute Gasteiger partial charge is 0.241 e. The minimum atomic E-state index is 0.225. The van der Waals surface area contributed by atoms with Crippen LogP contribution in [0.2, 0.25) is 5.02 Å². The maximum atomic E-state index is 13.5. The molecule has 1 aliphatic rings. The summed E-state index contributed by atoms with van der Waals surface area (Å²) in [4.78, 5) is 23.7. The number of hydrogen-bond acceptors (Lipinski definition) is 3. The van der Waals surface area contributed by atoms with Crippen molar-refractivity contribution in [1.82, 2.24) is 14.8 Å². The minimum Gasteiger partial charge on any atom is -0.361 e. The molecule has 5 nitrogen and oxygen atoms in total. The van der Waals surface area contributed by atoms with E-state index in [1.165, 1.54) is 10.9 Å². The number of piperazine rings is 1. The lowest BCUT2D eigenvalue weighted by molar-refractivity contribution is -0.120. The van der Waals surface area contributed by atoms with E-state index in [1.54, 1.807) is 0 Å². The number of H-pyrrole nitrogens is 1. The van der Waals surface area contributed by atoms with Gasteiger partial charge in [-0.1, -0.05) is 50.1 Å². The molecule has 35 heavy (non-hydrogen) atoms. The van der Waals surface area contributed by atoms with Crippen molar-refractivity contribution in [3.8, 4) is 0 Å². The van der Waals surface area contributed by atoms with Crippen molar-refractivity contribution in [2.45, 2.75) is 52.0 Å². The van der Waals surface area contributed by atoms with Crippen LogP contribution in [0.25, 0.3) is 10.9 Å². The SMILES string of the molecule is CCCC(CC)N(C(=O)CN1CCN(CCCc2c[nH]c3ccc(Cl)cc23)CC1)c1ccccc1. The van der Waals surface area contributed by atoms with Crippen LogP contribution in [-0.2, 0) is 11.2 Å². The molecule has 0 bridgehead atoms. The molecule has 0 radical (unpaired) electrons. The van der Waals surface area contributed by atoms with Crippen LogP contribution in [-0.4, -0.2) is 66.0 Å². The molecule has 1 aromatic heterocycles. The first-order valence-corrected chi connectivity index (χ1v) is 13.5. The van der Waals surface area contributed by atoms with Crippen molar-refractivity contribution in [2.24, 2.45) is 0 Å². The number of benzene rings is 2. The zero-order valence-electron chi connectivity index (χ0n) is 21.2. The van der Waals surface area contributed by atoms with Gasteiger partial charge in [0.05, 0.1) is 6.54 Å². The Bertz CT molecular complexity index is 1070. The molecule has 0 aliphatic carbocycles. The van der Waals surface area contributed by atoms with Crippen LogP contribution in [0.15, 0.2) is 54.7 Å². The van der Waals surface area contributed by atoms with Gasteiger partial charge in [-0.3, -0.25) is 9.69 Å². The Morgan fingerprint density at radius 1 is 1.06 bits per heavy atom. The molecule has 1 aliphatic heterocycles. The summed E-state index contributed by atoms with van der Waals surface area (Å²) in [5, 5.41) is 2.02. The van der Waals surface area contributed by atoms with Gasteiger partial charge in [-0.2, -0.15) is 0 Å². The van der Waals surface area contributed by atoms with Gasteiger partial charge in [-0.25, -0.2) is 0 Å². The third kappa shape index (κ3) is 6.66. The molecule has 2 heterocycles. The second-order valence-electron chi connectivity index (χ2n) is 9.68. The number of aromatic nitrogens is 1. The summed E-state index contributed by atoms with van der Waals surface area (Å²) in [5.41, 5.74) is 3.51. The molecule has 2 aromatic carbocycles. The van der Waals surface area contributed by atoms with Gasteiger partial charge in [-0.05, 0) is 68.1 Å². The van der Waals surface area contributed by atoms with Crippen molar-refractivity contribution in [3.05, 3.63) is 65.3 Å². The number of rotatable bonds is 11. The number of aryl methyl sites for hydroxylation is 1. The third-order valence-corrected chi connectivity index (χ3v) is 7.47. The summed E-state index contributed by atoms with van der Waals surface area (Å²) < 4.78 is 0. The van der Waals surface area contributed by atoms with E-state index in [0.29, 0.717) is 6.54 Å². The zero-order chi connectivity index (χ0) is 24.6. The summed E-state index contributed by atoms with van der Waals surface area (Å²) in [6, 6.07) is 16.5. The molecule has 1 unspecified atom stereocenters. The number of carbonyl (C=O) groups excluding carboxylic acids is 1. The largest absolute Gasteiger partial charge is 0.361 e. The molecule has 0 spiro atoms. The van der Waals surface area contributed by atoms with Gasteiger partial charge in [0.2, 0.25) is 5.91 Å². The van der Waals surface area contributed by atoms with Crippen LogP contribution in [0.4, 0.5) is 5.69 Å². The Morgan fingerprint density at radius 2 is 1.80 bits per heavy atom. The van der Waals surface area contributed by atoms with E-state index in [0.717, 1.165) is 81.1 Å². The highest BCUT2D eigenvalue weighted by atomic mass is 35.5. The molecule has 6 heteroatoms. The average molecular weight is 495 g/mol. The summed E-state index contributed by atoms with van der Waals surface area (Å²) in [5.74, 6) is 0.225. The van der Waals surface area contributed by atoms with Gasteiger partial charge in [0.25, 0.3) is 0 Å². The molecule has 0 saturated carbocycles. The lowest BCUT2D eigenvalue weighted by atomic mass is 10.1. The van der Waals surface area contributed by atoms with E-state index in [1.807, 2.05) is 30.3 Å². The second kappa shape index (κ2) is 12.6. The Kier molecular flexibility index (Phi) is 9.25. The molecule has 1 amide bonds. The first-order chi connectivity index (χ1) is 17.1. The Morgan fingerprint density at radius 3 is 2.51 bits per heavy atom. The number of carbonyl (C=O) groups is 1. The lowest BCUT2D eigenvalue weighted by Crippen LogP contribution is -2.51. The van der Waals surface area contributed by atoms with Crippen molar-refractivity contribution < 1.29 is 4.79 Å². The topological polar surface area (TPSA) is 42.6 Å².